The fourth-order valence-corrected chi connectivity index (χ4v) is 2.73. The van der Waals surface area contributed by atoms with E-state index in [-0.39, 0.29) is 11.9 Å². The molecule has 0 aliphatic rings. The van der Waals surface area contributed by atoms with Gasteiger partial charge in [-0.15, -0.1) is 5.10 Å². The first-order valence-electron chi connectivity index (χ1n) is 8.64. The quantitative estimate of drug-likeness (QED) is 0.779. The van der Waals surface area contributed by atoms with E-state index in [0.29, 0.717) is 17.5 Å². The Bertz CT molecular complexity index is 638. The molecular weight excluding hydrogens is 300 g/mol. The minimum absolute atomic E-state index is 0.0380. The fraction of sp³-hybridized carbons (Fsp3) is 0.526. The standard InChI is InChI=1S/C19H28N4O/c1-14(2)11-22(12-15(3)4)19(24)18-13-23(21-20-18)16(5)17-9-7-6-8-10-17/h6-10,13-16H,11-12H2,1-5H3. The summed E-state index contributed by atoms with van der Waals surface area (Å²) >= 11 is 0. The van der Waals surface area contributed by atoms with Crippen molar-refractivity contribution in [3.05, 3.63) is 47.8 Å². The monoisotopic (exact) mass is 328 g/mol. The molecule has 1 unspecified atom stereocenters. The highest BCUT2D eigenvalue weighted by molar-refractivity contribution is 5.91. The van der Waals surface area contributed by atoms with Crippen molar-refractivity contribution in [2.24, 2.45) is 11.8 Å². The maximum Gasteiger partial charge on any atom is 0.276 e. The van der Waals surface area contributed by atoms with Crippen molar-refractivity contribution >= 4 is 5.91 Å². The van der Waals surface area contributed by atoms with E-state index < -0.39 is 0 Å². The van der Waals surface area contributed by atoms with Crippen LogP contribution in [0.25, 0.3) is 0 Å². The van der Waals surface area contributed by atoms with Gasteiger partial charge in [0.2, 0.25) is 0 Å². The maximum atomic E-state index is 12.8. The first-order chi connectivity index (χ1) is 11.4. The molecular formula is C19H28N4O. The van der Waals surface area contributed by atoms with Gasteiger partial charge in [0, 0.05) is 13.1 Å². The summed E-state index contributed by atoms with van der Waals surface area (Å²) in [5, 5.41) is 8.29. The first-order valence-corrected chi connectivity index (χ1v) is 8.64. The van der Waals surface area contributed by atoms with E-state index in [4.69, 9.17) is 0 Å². The molecule has 1 heterocycles. The Hall–Kier alpha value is -2.17. The predicted octanol–water partition coefficient (Wildman–Crippen LogP) is 3.64. The Balaban J connectivity index is 2.17. The van der Waals surface area contributed by atoms with Crippen molar-refractivity contribution in [1.82, 2.24) is 19.9 Å². The van der Waals surface area contributed by atoms with Crippen molar-refractivity contribution in [3.63, 3.8) is 0 Å². The van der Waals surface area contributed by atoms with E-state index in [9.17, 15) is 4.79 Å². The summed E-state index contributed by atoms with van der Waals surface area (Å²) in [7, 11) is 0. The Morgan fingerprint density at radius 2 is 1.62 bits per heavy atom. The van der Waals surface area contributed by atoms with Gasteiger partial charge in [0.15, 0.2) is 5.69 Å². The number of rotatable bonds is 7. The van der Waals surface area contributed by atoms with Gasteiger partial charge >= 0.3 is 0 Å². The van der Waals surface area contributed by atoms with Crippen LogP contribution in [0.3, 0.4) is 0 Å². The minimum Gasteiger partial charge on any atom is -0.337 e. The Morgan fingerprint density at radius 3 is 2.17 bits per heavy atom. The van der Waals surface area contributed by atoms with Crippen molar-refractivity contribution < 1.29 is 4.79 Å². The summed E-state index contributed by atoms with van der Waals surface area (Å²) in [5.74, 6) is 0.806. The van der Waals surface area contributed by atoms with Crippen LogP contribution in [0.1, 0.15) is 56.7 Å². The van der Waals surface area contributed by atoms with E-state index >= 15 is 0 Å². The van der Waals surface area contributed by atoms with E-state index in [0.717, 1.165) is 18.7 Å². The molecule has 0 radical (unpaired) electrons. The van der Waals surface area contributed by atoms with Crippen LogP contribution in [0.4, 0.5) is 0 Å². The molecule has 5 heteroatoms. The largest absolute Gasteiger partial charge is 0.337 e. The van der Waals surface area contributed by atoms with Crippen LogP contribution in [0, 0.1) is 11.8 Å². The lowest BCUT2D eigenvalue weighted by Gasteiger charge is -2.25. The summed E-state index contributed by atoms with van der Waals surface area (Å²) in [5.41, 5.74) is 1.56. The van der Waals surface area contributed by atoms with Crippen molar-refractivity contribution in [2.45, 2.75) is 40.7 Å². The highest BCUT2D eigenvalue weighted by Crippen LogP contribution is 2.17. The van der Waals surface area contributed by atoms with Gasteiger partial charge in [-0.1, -0.05) is 63.2 Å². The van der Waals surface area contributed by atoms with Crippen LogP contribution in [0.2, 0.25) is 0 Å². The second-order valence-electron chi connectivity index (χ2n) is 7.17. The molecule has 130 valence electrons. The molecule has 5 nitrogen and oxygen atoms in total. The number of hydrogen-bond donors (Lipinski definition) is 0. The molecule has 0 bridgehead atoms. The summed E-state index contributed by atoms with van der Waals surface area (Å²) in [6.07, 6.45) is 1.76. The second kappa shape index (κ2) is 8.08. The van der Waals surface area contributed by atoms with Gasteiger partial charge in [0.1, 0.15) is 0 Å². The van der Waals surface area contributed by atoms with Gasteiger partial charge in [-0.3, -0.25) is 4.79 Å². The Labute approximate surface area is 144 Å². The number of amides is 1. The number of hydrogen-bond acceptors (Lipinski definition) is 3. The topological polar surface area (TPSA) is 51.0 Å². The van der Waals surface area contributed by atoms with Crippen LogP contribution in [0.15, 0.2) is 36.5 Å². The normalized spacial score (nSPS) is 12.6. The molecule has 0 aliphatic carbocycles. The zero-order valence-corrected chi connectivity index (χ0v) is 15.3. The molecule has 1 aromatic carbocycles. The average Bonchev–Trinajstić information content (AvgIpc) is 3.02. The third-order valence-electron chi connectivity index (χ3n) is 3.87. The average molecular weight is 328 g/mol. The highest BCUT2D eigenvalue weighted by Gasteiger charge is 2.22. The minimum atomic E-state index is -0.0380. The molecule has 1 amide bonds. The van der Waals surface area contributed by atoms with E-state index in [2.05, 4.69) is 57.1 Å². The molecule has 1 atom stereocenters. The zero-order valence-electron chi connectivity index (χ0n) is 15.3. The molecule has 0 fully saturated rings. The van der Waals surface area contributed by atoms with Crippen LogP contribution < -0.4 is 0 Å². The second-order valence-corrected chi connectivity index (χ2v) is 7.17. The number of carbonyl (C=O) groups excluding carboxylic acids is 1. The predicted molar refractivity (Wildman–Crippen MR) is 95.9 cm³/mol. The Kier molecular flexibility index (Phi) is 6.12. The van der Waals surface area contributed by atoms with Crippen LogP contribution in [-0.4, -0.2) is 38.9 Å². The van der Waals surface area contributed by atoms with Gasteiger partial charge in [0.05, 0.1) is 12.2 Å². The van der Waals surface area contributed by atoms with E-state index in [1.54, 1.807) is 10.9 Å². The molecule has 1 aromatic heterocycles. The van der Waals surface area contributed by atoms with Gasteiger partial charge in [-0.25, -0.2) is 4.68 Å². The molecule has 0 N–H and O–H groups in total. The molecule has 0 spiro atoms. The molecule has 24 heavy (non-hydrogen) atoms. The summed E-state index contributed by atoms with van der Waals surface area (Å²) in [4.78, 5) is 14.7. The van der Waals surface area contributed by atoms with Crippen molar-refractivity contribution in [3.8, 4) is 0 Å². The van der Waals surface area contributed by atoms with Crippen LogP contribution >= 0.6 is 0 Å². The maximum absolute atomic E-state index is 12.8. The number of aromatic nitrogens is 3. The lowest BCUT2D eigenvalue weighted by Crippen LogP contribution is -2.37. The Morgan fingerprint density at radius 1 is 1.04 bits per heavy atom. The van der Waals surface area contributed by atoms with Crippen LogP contribution in [0.5, 0.6) is 0 Å². The molecule has 0 aliphatic heterocycles. The van der Waals surface area contributed by atoms with E-state index in [1.165, 1.54) is 0 Å². The van der Waals surface area contributed by atoms with Gasteiger partial charge in [-0.05, 0) is 24.3 Å². The van der Waals surface area contributed by atoms with E-state index in [1.807, 2.05) is 23.1 Å². The molecule has 2 rings (SSSR count). The van der Waals surface area contributed by atoms with Gasteiger partial charge in [0.25, 0.3) is 5.91 Å². The van der Waals surface area contributed by atoms with Crippen LogP contribution in [-0.2, 0) is 0 Å². The lowest BCUT2D eigenvalue weighted by molar-refractivity contribution is 0.0709. The zero-order chi connectivity index (χ0) is 17.7. The van der Waals surface area contributed by atoms with Gasteiger partial charge < -0.3 is 4.90 Å². The number of nitrogens with zero attached hydrogens (tertiary/aromatic N) is 4. The summed E-state index contributed by atoms with van der Waals surface area (Å²) < 4.78 is 1.76. The number of carbonyl (C=O) groups is 1. The summed E-state index contributed by atoms with van der Waals surface area (Å²) in [6, 6.07) is 10.1. The lowest BCUT2D eigenvalue weighted by atomic mass is 10.1. The number of benzene rings is 1. The van der Waals surface area contributed by atoms with Gasteiger partial charge in [-0.2, -0.15) is 0 Å². The molecule has 0 saturated carbocycles. The van der Waals surface area contributed by atoms with Crippen molar-refractivity contribution in [1.29, 1.82) is 0 Å². The fourth-order valence-electron chi connectivity index (χ4n) is 2.73. The SMILES string of the molecule is CC(C)CN(CC(C)C)C(=O)c1cn(C(C)c2ccccc2)nn1. The molecule has 2 aromatic rings. The highest BCUT2D eigenvalue weighted by atomic mass is 16.2. The first kappa shape index (κ1) is 18.2. The summed E-state index contributed by atoms with van der Waals surface area (Å²) in [6.45, 7) is 12.0. The smallest absolute Gasteiger partial charge is 0.276 e. The third kappa shape index (κ3) is 4.66. The third-order valence-corrected chi connectivity index (χ3v) is 3.87. The molecule has 0 saturated heterocycles. The van der Waals surface area contributed by atoms with Crippen molar-refractivity contribution in [2.75, 3.05) is 13.1 Å².